The largest absolute Gasteiger partial charge is 0.258 e. The summed E-state index contributed by atoms with van der Waals surface area (Å²) in [6, 6.07) is 16.2. The van der Waals surface area contributed by atoms with Gasteiger partial charge in [0.05, 0.1) is 5.69 Å². The van der Waals surface area contributed by atoms with Crippen LogP contribution in [0.4, 0.5) is 0 Å². The van der Waals surface area contributed by atoms with Crippen LogP contribution in [0.25, 0.3) is 0 Å². The molecule has 0 radical (unpaired) electrons. The van der Waals surface area contributed by atoms with Gasteiger partial charge in [0.15, 0.2) is 0 Å². The van der Waals surface area contributed by atoms with E-state index < -0.39 is 0 Å². The summed E-state index contributed by atoms with van der Waals surface area (Å²) in [5.41, 5.74) is 3.62. The molecular formula is C21H22Cl2N2S. The van der Waals surface area contributed by atoms with Crippen LogP contribution in [-0.2, 0) is 13.0 Å². The highest BCUT2D eigenvalue weighted by atomic mass is 35.5. The summed E-state index contributed by atoms with van der Waals surface area (Å²) in [6.45, 7) is 7.38. The summed E-state index contributed by atoms with van der Waals surface area (Å²) in [6.07, 6.45) is 0.862. The monoisotopic (exact) mass is 404 g/mol. The van der Waals surface area contributed by atoms with Crippen molar-refractivity contribution in [2.24, 2.45) is 5.92 Å². The number of hydrogen-bond acceptors (Lipinski definition) is 2. The van der Waals surface area contributed by atoms with E-state index in [0.29, 0.717) is 16.0 Å². The molecule has 1 heterocycles. The van der Waals surface area contributed by atoms with Crippen LogP contribution in [0.5, 0.6) is 0 Å². The van der Waals surface area contributed by atoms with Crippen LogP contribution in [0.15, 0.2) is 58.5 Å². The maximum absolute atomic E-state index is 6.20. The van der Waals surface area contributed by atoms with Gasteiger partial charge < -0.3 is 0 Å². The van der Waals surface area contributed by atoms with Crippen molar-refractivity contribution in [1.82, 2.24) is 9.78 Å². The van der Waals surface area contributed by atoms with Crippen molar-refractivity contribution in [3.8, 4) is 0 Å². The van der Waals surface area contributed by atoms with Gasteiger partial charge in [-0.15, -0.1) is 0 Å². The van der Waals surface area contributed by atoms with Crippen LogP contribution in [0.1, 0.15) is 30.7 Å². The Labute approximate surface area is 169 Å². The van der Waals surface area contributed by atoms with Crippen molar-refractivity contribution in [2.45, 2.75) is 43.7 Å². The minimum absolute atomic E-state index is 0.515. The number of aryl methyl sites for hydroxylation is 1. The standard InChI is InChI=1S/C21H22Cl2N2S/c1-14(2)13-25-21(26-19-11-17(22)10-18(23)12-19)20(15(3)24-25)9-16-7-5-4-6-8-16/h4-8,10-12,14H,9,13H2,1-3H3. The summed E-state index contributed by atoms with van der Waals surface area (Å²) in [5, 5.41) is 7.28. The fourth-order valence-corrected chi connectivity index (χ4v) is 4.70. The van der Waals surface area contributed by atoms with Crippen LogP contribution in [-0.4, -0.2) is 9.78 Å². The molecule has 26 heavy (non-hydrogen) atoms. The summed E-state index contributed by atoms with van der Waals surface area (Å²) in [5.74, 6) is 0.515. The van der Waals surface area contributed by atoms with E-state index in [0.717, 1.165) is 23.6 Å². The van der Waals surface area contributed by atoms with E-state index in [1.165, 1.54) is 16.2 Å². The zero-order valence-corrected chi connectivity index (χ0v) is 17.5. The van der Waals surface area contributed by atoms with E-state index in [-0.39, 0.29) is 0 Å². The zero-order chi connectivity index (χ0) is 18.7. The smallest absolute Gasteiger partial charge is 0.103 e. The van der Waals surface area contributed by atoms with Gasteiger partial charge in [0.25, 0.3) is 0 Å². The average Bonchev–Trinajstić information content (AvgIpc) is 2.82. The summed E-state index contributed by atoms with van der Waals surface area (Å²) < 4.78 is 2.12. The molecule has 0 unspecified atom stereocenters. The van der Waals surface area contributed by atoms with Gasteiger partial charge in [-0.25, -0.2) is 0 Å². The van der Waals surface area contributed by atoms with Crippen molar-refractivity contribution in [2.75, 3.05) is 0 Å². The van der Waals surface area contributed by atoms with Crippen molar-refractivity contribution in [3.05, 3.63) is 75.4 Å². The highest BCUT2D eigenvalue weighted by Crippen LogP contribution is 2.36. The van der Waals surface area contributed by atoms with Crippen LogP contribution in [0.3, 0.4) is 0 Å². The Hall–Kier alpha value is -1.42. The number of hydrogen-bond donors (Lipinski definition) is 0. The molecule has 0 spiro atoms. The maximum atomic E-state index is 6.20. The van der Waals surface area contributed by atoms with Crippen molar-refractivity contribution in [3.63, 3.8) is 0 Å². The predicted octanol–water partition coefficient (Wildman–Crippen LogP) is 6.90. The van der Waals surface area contributed by atoms with E-state index >= 15 is 0 Å². The maximum Gasteiger partial charge on any atom is 0.103 e. The molecule has 5 heteroatoms. The first-order valence-electron chi connectivity index (χ1n) is 8.66. The topological polar surface area (TPSA) is 17.8 Å². The Morgan fingerprint density at radius 3 is 2.31 bits per heavy atom. The molecule has 0 aliphatic rings. The molecule has 1 aromatic heterocycles. The third-order valence-corrected chi connectivity index (χ3v) is 5.57. The second-order valence-electron chi connectivity index (χ2n) is 6.81. The summed E-state index contributed by atoms with van der Waals surface area (Å²) >= 11 is 14.1. The second kappa shape index (κ2) is 8.51. The van der Waals surface area contributed by atoms with E-state index in [9.17, 15) is 0 Å². The molecule has 0 amide bonds. The first kappa shape index (κ1) is 19.3. The molecule has 0 aliphatic carbocycles. The normalized spacial score (nSPS) is 11.3. The lowest BCUT2D eigenvalue weighted by atomic mass is 10.1. The fraction of sp³-hybridized carbons (Fsp3) is 0.286. The molecule has 0 saturated carbocycles. The minimum atomic E-state index is 0.515. The van der Waals surface area contributed by atoms with Gasteiger partial charge in [-0.1, -0.05) is 79.1 Å². The molecule has 2 aromatic carbocycles. The van der Waals surface area contributed by atoms with Gasteiger partial charge in [-0.3, -0.25) is 4.68 Å². The van der Waals surface area contributed by atoms with Crippen LogP contribution in [0.2, 0.25) is 10.0 Å². The van der Waals surface area contributed by atoms with Gasteiger partial charge in [-0.2, -0.15) is 5.10 Å². The molecular weight excluding hydrogens is 383 g/mol. The van der Waals surface area contributed by atoms with Crippen LogP contribution >= 0.6 is 35.0 Å². The van der Waals surface area contributed by atoms with E-state index in [1.54, 1.807) is 17.8 Å². The van der Waals surface area contributed by atoms with Gasteiger partial charge in [0, 0.05) is 33.5 Å². The van der Waals surface area contributed by atoms with Crippen molar-refractivity contribution in [1.29, 1.82) is 0 Å². The fourth-order valence-electron chi connectivity index (χ4n) is 2.88. The molecule has 0 fully saturated rings. The number of aromatic nitrogens is 2. The average molecular weight is 405 g/mol. The Balaban J connectivity index is 2.01. The number of benzene rings is 2. The van der Waals surface area contributed by atoms with Crippen LogP contribution < -0.4 is 0 Å². The molecule has 0 N–H and O–H groups in total. The Morgan fingerprint density at radius 1 is 1.04 bits per heavy atom. The molecule has 136 valence electrons. The van der Waals surface area contributed by atoms with Crippen molar-refractivity contribution < 1.29 is 0 Å². The third kappa shape index (κ3) is 4.85. The lowest BCUT2D eigenvalue weighted by molar-refractivity contribution is 0.454. The van der Waals surface area contributed by atoms with E-state index in [4.69, 9.17) is 28.3 Å². The van der Waals surface area contributed by atoms with E-state index in [1.807, 2.05) is 18.2 Å². The number of rotatable bonds is 6. The third-order valence-electron chi connectivity index (χ3n) is 4.01. The second-order valence-corrected chi connectivity index (χ2v) is 8.75. The van der Waals surface area contributed by atoms with E-state index in [2.05, 4.69) is 49.7 Å². The predicted molar refractivity (Wildman–Crippen MR) is 112 cm³/mol. The van der Waals surface area contributed by atoms with Crippen LogP contribution in [0, 0.1) is 12.8 Å². The zero-order valence-electron chi connectivity index (χ0n) is 15.2. The SMILES string of the molecule is Cc1nn(CC(C)C)c(Sc2cc(Cl)cc(Cl)c2)c1Cc1ccccc1. The molecule has 0 bridgehead atoms. The highest BCUT2D eigenvalue weighted by Gasteiger charge is 2.18. The molecule has 3 rings (SSSR count). The first-order valence-corrected chi connectivity index (χ1v) is 10.2. The first-order chi connectivity index (χ1) is 12.4. The quantitative estimate of drug-likeness (QED) is 0.444. The molecule has 2 nitrogen and oxygen atoms in total. The van der Waals surface area contributed by atoms with Gasteiger partial charge >= 0.3 is 0 Å². The van der Waals surface area contributed by atoms with Gasteiger partial charge in [-0.05, 0) is 36.6 Å². The lowest BCUT2D eigenvalue weighted by Gasteiger charge is -2.12. The minimum Gasteiger partial charge on any atom is -0.258 e. The number of nitrogens with zero attached hydrogens (tertiary/aromatic N) is 2. The van der Waals surface area contributed by atoms with Gasteiger partial charge in [0.2, 0.25) is 0 Å². The summed E-state index contributed by atoms with van der Waals surface area (Å²) in [7, 11) is 0. The molecule has 0 saturated heterocycles. The Bertz CT molecular complexity index is 868. The highest BCUT2D eigenvalue weighted by molar-refractivity contribution is 7.99. The Kier molecular flexibility index (Phi) is 6.33. The molecule has 0 atom stereocenters. The number of halogens is 2. The Morgan fingerprint density at radius 2 is 1.69 bits per heavy atom. The molecule has 0 aliphatic heterocycles. The molecule has 3 aromatic rings. The lowest BCUT2D eigenvalue weighted by Crippen LogP contribution is -2.07. The summed E-state index contributed by atoms with van der Waals surface area (Å²) in [4.78, 5) is 1.03. The van der Waals surface area contributed by atoms with Crippen molar-refractivity contribution >= 4 is 35.0 Å². The van der Waals surface area contributed by atoms with Gasteiger partial charge in [0.1, 0.15) is 5.03 Å².